The van der Waals surface area contributed by atoms with Gasteiger partial charge in [0.25, 0.3) is 0 Å². The maximum atomic E-state index is 14.2. The first kappa shape index (κ1) is 13.4. The fourth-order valence-electron chi connectivity index (χ4n) is 2.01. The van der Waals surface area contributed by atoms with E-state index in [1.54, 1.807) is 6.92 Å². The van der Waals surface area contributed by atoms with Gasteiger partial charge in [0.2, 0.25) is 0 Å². The van der Waals surface area contributed by atoms with Gasteiger partial charge in [0.15, 0.2) is 0 Å². The summed E-state index contributed by atoms with van der Waals surface area (Å²) in [6.07, 6.45) is 2.60. The molecule has 3 nitrogen and oxygen atoms in total. The lowest BCUT2D eigenvalue weighted by molar-refractivity contribution is 0.582. The molecule has 2 aromatic rings. The van der Waals surface area contributed by atoms with E-state index in [4.69, 9.17) is 5.73 Å². The summed E-state index contributed by atoms with van der Waals surface area (Å²) >= 11 is 0. The molecule has 2 rings (SSSR count). The number of aryl methyl sites for hydroxylation is 1. The second-order valence-electron chi connectivity index (χ2n) is 4.39. The normalized spacial score (nSPS) is 10.7. The molecule has 0 bridgehead atoms. The predicted molar refractivity (Wildman–Crippen MR) is 70.5 cm³/mol. The average Bonchev–Trinajstić information content (AvgIpc) is 2.38. The van der Waals surface area contributed by atoms with Crippen molar-refractivity contribution in [1.82, 2.24) is 9.97 Å². The molecule has 0 aliphatic rings. The Labute approximate surface area is 110 Å². The van der Waals surface area contributed by atoms with Crippen LogP contribution in [-0.4, -0.2) is 9.97 Å². The molecule has 0 saturated heterocycles. The highest BCUT2D eigenvalue weighted by Crippen LogP contribution is 2.31. The van der Waals surface area contributed by atoms with E-state index >= 15 is 0 Å². The number of nitrogens with two attached hydrogens (primary N) is 1. The Hall–Kier alpha value is -2.04. The highest BCUT2D eigenvalue weighted by molar-refractivity contribution is 5.69. The first-order chi connectivity index (χ1) is 9.06. The van der Waals surface area contributed by atoms with Gasteiger partial charge in [-0.2, -0.15) is 0 Å². The van der Waals surface area contributed by atoms with Gasteiger partial charge in [-0.3, -0.25) is 0 Å². The lowest BCUT2D eigenvalue weighted by Gasteiger charge is -2.12. The molecule has 0 fully saturated rings. The van der Waals surface area contributed by atoms with Gasteiger partial charge < -0.3 is 5.73 Å². The Bertz CT molecular complexity index is 612. The van der Waals surface area contributed by atoms with Gasteiger partial charge in [-0.1, -0.05) is 19.4 Å². The molecule has 19 heavy (non-hydrogen) atoms. The quantitative estimate of drug-likeness (QED) is 0.924. The van der Waals surface area contributed by atoms with E-state index in [-0.39, 0.29) is 17.1 Å². The van der Waals surface area contributed by atoms with Crippen LogP contribution in [0.3, 0.4) is 0 Å². The van der Waals surface area contributed by atoms with Crippen molar-refractivity contribution >= 4 is 5.82 Å². The summed E-state index contributed by atoms with van der Waals surface area (Å²) in [7, 11) is 0. The Morgan fingerprint density at radius 1 is 1.21 bits per heavy atom. The molecule has 1 heterocycles. The number of anilines is 1. The van der Waals surface area contributed by atoms with Gasteiger partial charge in [-0.15, -0.1) is 0 Å². The third-order valence-electron chi connectivity index (χ3n) is 3.00. The Kier molecular flexibility index (Phi) is 3.74. The summed E-state index contributed by atoms with van der Waals surface area (Å²) < 4.78 is 28.1. The smallest absolute Gasteiger partial charge is 0.138 e. The summed E-state index contributed by atoms with van der Waals surface area (Å²) in [5, 5.41) is 0. The fraction of sp³-hybridized carbons (Fsp3) is 0.286. The third kappa shape index (κ3) is 2.41. The molecule has 0 spiro atoms. The van der Waals surface area contributed by atoms with Crippen LogP contribution in [0.1, 0.15) is 24.5 Å². The van der Waals surface area contributed by atoms with Crippen LogP contribution in [0.25, 0.3) is 11.3 Å². The van der Waals surface area contributed by atoms with E-state index in [0.29, 0.717) is 17.5 Å². The highest BCUT2D eigenvalue weighted by atomic mass is 19.1. The lowest BCUT2D eigenvalue weighted by Crippen LogP contribution is -2.05. The monoisotopic (exact) mass is 263 g/mol. The van der Waals surface area contributed by atoms with E-state index in [9.17, 15) is 8.78 Å². The molecule has 1 aromatic heterocycles. The Morgan fingerprint density at radius 3 is 2.63 bits per heavy atom. The topological polar surface area (TPSA) is 51.8 Å². The third-order valence-corrected chi connectivity index (χ3v) is 3.00. The van der Waals surface area contributed by atoms with Crippen LogP contribution in [0.4, 0.5) is 14.6 Å². The van der Waals surface area contributed by atoms with Gasteiger partial charge >= 0.3 is 0 Å². The number of hydrogen-bond acceptors (Lipinski definition) is 3. The number of halogens is 2. The largest absolute Gasteiger partial charge is 0.383 e. The van der Waals surface area contributed by atoms with E-state index in [1.165, 1.54) is 18.5 Å². The number of nitrogens with zero attached hydrogens (tertiary/aromatic N) is 2. The van der Waals surface area contributed by atoms with Crippen LogP contribution in [0.2, 0.25) is 0 Å². The summed E-state index contributed by atoms with van der Waals surface area (Å²) in [6.45, 7) is 3.54. The standard InChI is InChI=1S/C14H15F2N3/c1-3-4-9-13(18-7-19-14(9)17)11-10(15)6-5-8(2)12(11)16/h5-7H,3-4H2,1-2H3,(H2,17,18,19). The minimum atomic E-state index is -0.640. The lowest BCUT2D eigenvalue weighted by atomic mass is 10.00. The van der Waals surface area contributed by atoms with Crippen LogP contribution in [-0.2, 0) is 6.42 Å². The van der Waals surface area contributed by atoms with Gasteiger partial charge in [-0.05, 0) is 25.0 Å². The van der Waals surface area contributed by atoms with Crippen molar-refractivity contribution in [2.75, 3.05) is 5.73 Å². The molecule has 0 aliphatic carbocycles. The summed E-state index contributed by atoms with van der Waals surface area (Å²) in [5.41, 5.74) is 6.87. The minimum absolute atomic E-state index is 0.127. The first-order valence-electron chi connectivity index (χ1n) is 6.10. The maximum Gasteiger partial charge on any atom is 0.138 e. The molecule has 0 amide bonds. The van der Waals surface area contributed by atoms with Gasteiger partial charge in [0, 0.05) is 5.56 Å². The van der Waals surface area contributed by atoms with Crippen molar-refractivity contribution in [1.29, 1.82) is 0 Å². The van der Waals surface area contributed by atoms with Crippen molar-refractivity contribution in [3.05, 3.63) is 41.2 Å². The van der Waals surface area contributed by atoms with Gasteiger partial charge in [0.1, 0.15) is 23.8 Å². The highest BCUT2D eigenvalue weighted by Gasteiger charge is 2.19. The number of nitrogen functional groups attached to an aromatic ring is 1. The van der Waals surface area contributed by atoms with E-state index in [1.807, 2.05) is 6.92 Å². The zero-order valence-electron chi connectivity index (χ0n) is 10.9. The molecule has 0 saturated carbocycles. The van der Waals surface area contributed by atoms with Gasteiger partial charge in [-0.25, -0.2) is 18.7 Å². The molecular weight excluding hydrogens is 248 g/mol. The van der Waals surface area contributed by atoms with Crippen molar-refractivity contribution in [2.45, 2.75) is 26.7 Å². The number of hydrogen-bond donors (Lipinski definition) is 1. The second-order valence-corrected chi connectivity index (χ2v) is 4.39. The molecule has 0 radical (unpaired) electrons. The zero-order valence-corrected chi connectivity index (χ0v) is 10.9. The Morgan fingerprint density at radius 2 is 1.95 bits per heavy atom. The predicted octanol–water partition coefficient (Wildman–Crippen LogP) is 3.26. The van der Waals surface area contributed by atoms with Crippen LogP contribution in [0.5, 0.6) is 0 Å². The van der Waals surface area contributed by atoms with E-state index in [2.05, 4.69) is 9.97 Å². The molecule has 1 aromatic carbocycles. The van der Waals surface area contributed by atoms with Crippen LogP contribution < -0.4 is 5.73 Å². The average molecular weight is 263 g/mol. The fourth-order valence-corrected chi connectivity index (χ4v) is 2.01. The first-order valence-corrected chi connectivity index (χ1v) is 6.10. The number of aromatic nitrogens is 2. The Balaban J connectivity index is 2.72. The SMILES string of the molecule is CCCc1c(N)ncnc1-c1c(F)ccc(C)c1F. The van der Waals surface area contributed by atoms with Crippen molar-refractivity contribution < 1.29 is 8.78 Å². The number of benzene rings is 1. The maximum absolute atomic E-state index is 14.2. The zero-order chi connectivity index (χ0) is 14.0. The molecule has 5 heteroatoms. The molecule has 0 atom stereocenters. The molecular formula is C14H15F2N3. The van der Waals surface area contributed by atoms with Crippen LogP contribution in [0.15, 0.2) is 18.5 Å². The minimum Gasteiger partial charge on any atom is -0.383 e. The van der Waals surface area contributed by atoms with E-state index < -0.39 is 11.6 Å². The molecule has 100 valence electrons. The van der Waals surface area contributed by atoms with Crippen LogP contribution >= 0.6 is 0 Å². The van der Waals surface area contributed by atoms with Crippen molar-refractivity contribution in [2.24, 2.45) is 0 Å². The summed E-state index contributed by atoms with van der Waals surface area (Å²) in [5.74, 6) is -0.971. The van der Waals surface area contributed by atoms with Crippen molar-refractivity contribution in [3.63, 3.8) is 0 Å². The summed E-state index contributed by atoms with van der Waals surface area (Å²) in [6, 6.07) is 2.64. The van der Waals surface area contributed by atoms with Crippen molar-refractivity contribution in [3.8, 4) is 11.3 Å². The second kappa shape index (κ2) is 5.30. The van der Waals surface area contributed by atoms with Crippen LogP contribution in [0, 0.1) is 18.6 Å². The molecule has 0 unspecified atom stereocenters. The van der Waals surface area contributed by atoms with Gasteiger partial charge in [0.05, 0.1) is 11.3 Å². The number of rotatable bonds is 3. The summed E-state index contributed by atoms with van der Waals surface area (Å²) in [4.78, 5) is 7.91. The van der Waals surface area contributed by atoms with E-state index in [0.717, 1.165) is 6.42 Å². The molecule has 2 N–H and O–H groups in total. The molecule has 0 aliphatic heterocycles.